The number of thiazole rings is 1. The molecule has 0 fully saturated rings. The van der Waals surface area contributed by atoms with E-state index in [1.165, 1.54) is 11.3 Å². The first-order valence-electron chi connectivity index (χ1n) is 11.0. The molecule has 35 heavy (non-hydrogen) atoms. The van der Waals surface area contributed by atoms with Gasteiger partial charge in [-0.15, -0.1) is 21.5 Å². The predicted octanol–water partition coefficient (Wildman–Crippen LogP) is 6.57. The van der Waals surface area contributed by atoms with Crippen molar-refractivity contribution in [2.24, 2.45) is 0 Å². The van der Waals surface area contributed by atoms with E-state index in [0.717, 1.165) is 39.0 Å². The maximum Gasteiger partial charge on any atom is 0.257 e. The van der Waals surface area contributed by atoms with Crippen LogP contribution in [0.2, 0.25) is 0 Å². The first kappa shape index (κ1) is 21.0. The number of anilines is 1. The molecule has 0 aliphatic rings. The quantitative estimate of drug-likeness (QED) is 0.293. The van der Waals surface area contributed by atoms with Gasteiger partial charge in [0.15, 0.2) is 5.13 Å². The lowest BCUT2D eigenvalue weighted by molar-refractivity contribution is 0.102. The van der Waals surface area contributed by atoms with Crippen LogP contribution in [0, 0.1) is 6.92 Å². The fraction of sp³-hybridized carbons (Fsp3) is 0.0370. The molecular formula is C27H19N5O2S. The molecule has 0 radical (unpaired) electrons. The zero-order valence-electron chi connectivity index (χ0n) is 18.6. The number of carbonyl (C=O) groups is 1. The van der Waals surface area contributed by atoms with Crippen molar-refractivity contribution >= 4 is 33.3 Å². The van der Waals surface area contributed by atoms with Crippen LogP contribution in [0.15, 0.2) is 88.7 Å². The number of aromatic nitrogens is 4. The van der Waals surface area contributed by atoms with Crippen LogP contribution in [0.5, 0.6) is 0 Å². The van der Waals surface area contributed by atoms with Gasteiger partial charge in [0.1, 0.15) is 0 Å². The molecule has 7 nitrogen and oxygen atoms in total. The van der Waals surface area contributed by atoms with Crippen LogP contribution in [-0.4, -0.2) is 26.1 Å². The number of nitrogens with zero attached hydrogens (tertiary/aromatic N) is 3. The van der Waals surface area contributed by atoms with Crippen LogP contribution >= 0.6 is 11.3 Å². The third kappa shape index (κ3) is 4.00. The highest BCUT2D eigenvalue weighted by Gasteiger charge is 2.16. The summed E-state index contributed by atoms with van der Waals surface area (Å²) < 4.78 is 5.80. The highest BCUT2D eigenvalue weighted by atomic mass is 32.1. The number of benzene rings is 3. The van der Waals surface area contributed by atoms with E-state index in [-0.39, 0.29) is 5.91 Å². The van der Waals surface area contributed by atoms with E-state index >= 15 is 0 Å². The van der Waals surface area contributed by atoms with Crippen LogP contribution in [0.3, 0.4) is 0 Å². The van der Waals surface area contributed by atoms with Crippen molar-refractivity contribution < 1.29 is 9.21 Å². The molecule has 1 amide bonds. The minimum Gasteiger partial charge on any atom is -0.416 e. The Kier molecular flexibility index (Phi) is 5.20. The minimum absolute atomic E-state index is 0.233. The molecule has 170 valence electrons. The van der Waals surface area contributed by atoms with Crippen LogP contribution < -0.4 is 5.32 Å². The molecule has 0 aliphatic carbocycles. The number of hydrogen-bond donors (Lipinski definition) is 2. The van der Waals surface area contributed by atoms with Crippen molar-refractivity contribution in [2.75, 3.05) is 5.32 Å². The number of amides is 1. The number of carbonyl (C=O) groups excluding carboxylic acids is 1. The first-order chi connectivity index (χ1) is 17.2. The number of fused-ring (bicyclic) bond motifs is 1. The second-order valence-corrected chi connectivity index (χ2v) is 8.88. The van der Waals surface area contributed by atoms with Gasteiger partial charge in [0.2, 0.25) is 11.8 Å². The van der Waals surface area contributed by atoms with Crippen LogP contribution in [0.1, 0.15) is 16.1 Å². The second kappa shape index (κ2) is 8.66. The second-order valence-electron chi connectivity index (χ2n) is 8.02. The Bertz CT molecular complexity index is 1650. The molecule has 6 rings (SSSR count). The van der Waals surface area contributed by atoms with Crippen molar-refractivity contribution in [3.63, 3.8) is 0 Å². The number of aryl methyl sites for hydroxylation is 1. The van der Waals surface area contributed by atoms with Crippen molar-refractivity contribution in [3.8, 4) is 34.2 Å². The fourth-order valence-electron chi connectivity index (χ4n) is 4.02. The molecule has 3 aromatic carbocycles. The first-order valence-corrected chi connectivity index (χ1v) is 11.9. The topological polar surface area (TPSA) is 96.7 Å². The Labute approximate surface area is 204 Å². The lowest BCUT2D eigenvalue weighted by atomic mass is 10.1. The maximum absolute atomic E-state index is 12.8. The summed E-state index contributed by atoms with van der Waals surface area (Å²) in [5, 5.41) is 14.8. The summed E-state index contributed by atoms with van der Waals surface area (Å²) in [5.74, 6) is 0.616. The lowest BCUT2D eigenvalue weighted by Crippen LogP contribution is -2.11. The van der Waals surface area contributed by atoms with Crippen LogP contribution in [0.25, 0.3) is 45.1 Å². The van der Waals surface area contributed by atoms with Crippen molar-refractivity contribution in [1.29, 1.82) is 0 Å². The number of para-hydroxylation sites is 1. The maximum atomic E-state index is 12.8. The van der Waals surface area contributed by atoms with Gasteiger partial charge in [-0.05, 0) is 49.4 Å². The zero-order valence-corrected chi connectivity index (χ0v) is 19.5. The zero-order chi connectivity index (χ0) is 23.8. The Balaban J connectivity index is 1.18. The average Bonchev–Trinajstić information content (AvgIpc) is 3.63. The summed E-state index contributed by atoms with van der Waals surface area (Å²) in [4.78, 5) is 20.9. The standard InChI is InChI=1S/C27H19N5O2S/c1-16-23(20-9-5-6-10-21(20)28-16)22-15-35-27(29-22)30-24(33)17-11-13-19(14-12-17)26-32-31-25(34-26)18-7-3-2-4-8-18/h2-15,28H,1H3,(H,29,30,33). The van der Waals surface area contributed by atoms with Gasteiger partial charge in [0.25, 0.3) is 5.91 Å². The summed E-state index contributed by atoms with van der Waals surface area (Å²) in [7, 11) is 0. The highest BCUT2D eigenvalue weighted by Crippen LogP contribution is 2.34. The van der Waals surface area contributed by atoms with Crippen LogP contribution in [-0.2, 0) is 0 Å². The number of rotatable bonds is 5. The van der Waals surface area contributed by atoms with E-state index in [1.54, 1.807) is 24.3 Å². The normalized spacial score (nSPS) is 11.1. The molecule has 3 heterocycles. The largest absolute Gasteiger partial charge is 0.416 e. The summed E-state index contributed by atoms with van der Waals surface area (Å²) in [6, 6.07) is 24.8. The summed E-state index contributed by atoms with van der Waals surface area (Å²) in [6.07, 6.45) is 0. The van der Waals surface area contributed by atoms with Gasteiger partial charge < -0.3 is 9.40 Å². The minimum atomic E-state index is -0.233. The van der Waals surface area contributed by atoms with Gasteiger partial charge in [-0.3, -0.25) is 10.1 Å². The third-order valence-electron chi connectivity index (χ3n) is 5.71. The Morgan fingerprint density at radius 2 is 1.57 bits per heavy atom. The number of aromatic amines is 1. The van der Waals surface area contributed by atoms with E-state index < -0.39 is 0 Å². The summed E-state index contributed by atoms with van der Waals surface area (Å²) >= 11 is 1.40. The van der Waals surface area contributed by atoms with Gasteiger partial charge in [-0.25, -0.2) is 4.98 Å². The Morgan fingerprint density at radius 3 is 2.34 bits per heavy atom. The highest BCUT2D eigenvalue weighted by molar-refractivity contribution is 7.14. The molecule has 0 aliphatic heterocycles. The predicted molar refractivity (Wildman–Crippen MR) is 137 cm³/mol. The smallest absolute Gasteiger partial charge is 0.257 e. The number of H-pyrrole nitrogens is 1. The molecule has 0 saturated heterocycles. The van der Waals surface area contributed by atoms with Gasteiger partial charge in [0.05, 0.1) is 5.69 Å². The monoisotopic (exact) mass is 477 g/mol. The van der Waals surface area contributed by atoms with Gasteiger partial charge in [-0.2, -0.15) is 0 Å². The molecule has 2 N–H and O–H groups in total. The van der Waals surface area contributed by atoms with Crippen molar-refractivity contribution in [3.05, 3.63) is 95.5 Å². The molecule has 0 saturated carbocycles. The van der Waals surface area contributed by atoms with E-state index in [1.807, 2.05) is 60.8 Å². The lowest BCUT2D eigenvalue weighted by Gasteiger charge is -2.03. The fourth-order valence-corrected chi connectivity index (χ4v) is 4.72. The number of hydrogen-bond acceptors (Lipinski definition) is 6. The van der Waals surface area contributed by atoms with E-state index in [4.69, 9.17) is 4.42 Å². The number of nitrogens with one attached hydrogen (secondary N) is 2. The van der Waals surface area contributed by atoms with Gasteiger partial charge in [-0.1, -0.05) is 36.4 Å². The van der Waals surface area contributed by atoms with Crippen molar-refractivity contribution in [2.45, 2.75) is 6.92 Å². The molecule has 0 bridgehead atoms. The van der Waals surface area contributed by atoms with E-state index in [0.29, 0.717) is 22.5 Å². The molecule has 3 aromatic heterocycles. The van der Waals surface area contributed by atoms with Crippen LogP contribution in [0.4, 0.5) is 5.13 Å². The van der Waals surface area contributed by atoms with Gasteiger partial charge in [0, 0.05) is 44.2 Å². The Morgan fingerprint density at radius 1 is 0.886 bits per heavy atom. The molecular weight excluding hydrogens is 458 g/mol. The molecule has 8 heteroatoms. The molecule has 0 spiro atoms. The Hall–Kier alpha value is -4.56. The SMILES string of the molecule is Cc1[nH]c2ccccc2c1-c1csc(NC(=O)c2ccc(-c3nnc(-c4ccccc4)o3)cc2)n1. The molecule has 0 unspecified atom stereocenters. The van der Waals surface area contributed by atoms with Gasteiger partial charge >= 0.3 is 0 Å². The van der Waals surface area contributed by atoms with E-state index in [9.17, 15) is 4.79 Å². The third-order valence-corrected chi connectivity index (χ3v) is 6.47. The van der Waals surface area contributed by atoms with E-state index in [2.05, 4.69) is 31.5 Å². The average molecular weight is 478 g/mol. The summed E-state index contributed by atoms with van der Waals surface area (Å²) in [6.45, 7) is 2.03. The molecule has 6 aromatic rings. The molecule has 0 atom stereocenters. The summed E-state index contributed by atoms with van der Waals surface area (Å²) in [5.41, 5.74) is 6.10. The van der Waals surface area contributed by atoms with Crippen molar-refractivity contribution in [1.82, 2.24) is 20.2 Å².